The number of amides is 1. The third-order valence-electron chi connectivity index (χ3n) is 5.39. The summed E-state index contributed by atoms with van der Waals surface area (Å²) in [6.07, 6.45) is 7.08. The van der Waals surface area contributed by atoms with Gasteiger partial charge in [0, 0.05) is 50.0 Å². The normalized spacial score (nSPS) is 15.6. The third-order valence-corrected chi connectivity index (χ3v) is 6.34. The van der Waals surface area contributed by atoms with Gasteiger partial charge in [-0.05, 0) is 32.9 Å². The van der Waals surface area contributed by atoms with Crippen LogP contribution < -0.4 is 4.74 Å². The van der Waals surface area contributed by atoms with E-state index in [1.807, 2.05) is 20.8 Å². The molecule has 35 heavy (non-hydrogen) atoms. The molecule has 1 aliphatic heterocycles. The molecule has 3 aromatic rings. The molecule has 2 aromatic heterocycles. The second-order valence-electron chi connectivity index (χ2n) is 9.26. The monoisotopic (exact) mass is 501 g/mol. The number of likely N-dealkylation sites (tertiary alicyclic amines) is 1. The Morgan fingerprint density at radius 1 is 1.14 bits per heavy atom. The molecule has 4 rings (SSSR count). The highest BCUT2D eigenvalue weighted by Gasteiger charge is 2.28. The summed E-state index contributed by atoms with van der Waals surface area (Å²) in [7, 11) is -1.40. The lowest BCUT2D eigenvalue weighted by atomic mass is 10.1. The molecule has 1 fully saturated rings. The van der Waals surface area contributed by atoms with Crippen LogP contribution in [0.5, 0.6) is 5.88 Å². The Balaban J connectivity index is 1.40. The van der Waals surface area contributed by atoms with Crippen molar-refractivity contribution in [2.75, 3.05) is 19.3 Å². The van der Waals surface area contributed by atoms with Gasteiger partial charge < -0.3 is 14.4 Å². The van der Waals surface area contributed by atoms with E-state index in [0.717, 1.165) is 0 Å². The average molecular weight is 502 g/mol. The van der Waals surface area contributed by atoms with Crippen LogP contribution in [-0.2, 0) is 15.5 Å². The lowest BCUT2D eigenvalue weighted by Gasteiger charge is -2.33. The minimum Gasteiger partial charge on any atom is -0.474 e. The van der Waals surface area contributed by atoms with Gasteiger partial charge >= 0.3 is 6.09 Å². The molecule has 11 heteroatoms. The summed E-state index contributed by atoms with van der Waals surface area (Å²) in [5.74, 6) is 0.432. The number of piperidine rings is 1. The van der Waals surface area contributed by atoms with E-state index in [-0.39, 0.29) is 17.1 Å². The zero-order valence-corrected chi connectivity index (χ0v) is 20.9. The van der Waals surface area contributed by atoms with Gasteiger partial charge in [-0.25, -0.2) is 24.1 Å². The Morgan fingerprint density at radius 3 is 2.54 bits per heavy atom. The first-order chi connectivity index (χ1) is 16.6. The highest BCUT2D eigenvalue weighted by Crippen LogP contribution is 2.24. The predicted molar refractivity (Wildman–Crippen MR) is 128 cm³/mol. The summed E-state index contributed by atoms with van der Waals surface area (Å²) < 4.78 is 39.0. The quantitative estimate of drug-likeness (QED) is 0.521. The van der Waals surface area contributed by atoms with E-state index in [1.54, 1.807) is 34.1 Å². The lowest BCUT2D eigenvalue weighted by molar-refractivity contribution is 0.0123. The maximum atomic E-state index is 14.2. The number of carbonyl (C=O) groups excluding carboxylic acids is 1. The van der Waals surface area contributed by atoms with Gasteiger partial charge in [0.2, 0.25) is 5.88 Å². The maximum Gasteiger partial charge on any atom is 0.410 e. The summed E-state index contributed by atoms with van der Waals surface area (Å²) in [5, 5.41) is 0. The number of hydrogen-bond donors (Lipinski definition) is 0. The molecule has 3 heterocycles. The van der Waals surface area contributed by atoms with Crippen molar-refractivity contribution < 1.29 is 22.9 Å². The molecule has 1 aromatic carbocycles. The second-order valence-corrected chi connectivity index (χ2v) is 10.6. The van der Waals surface area contributed by atoms with E-state index < -0.39 is 22.2 Å². The number of imidazole rings is 1. The van der Waals surface area contributed by atoms with Crippen LogP contribution in [0.25, 0.3) is 17.1 Å². The Bertz CT molecular complexity index is 1230. The number of ether oxygens (including phenoxy) is 2. The topological polar surface area (TPSA) is 99.4 Å². The van der Waals surface area contributed by atoms with Crippen molar-refractivity contribution in [3.63, 3.8) is 0 Å². The van der Waals surface area contributed by atoms with E-state index in [4.69, 9.17) is 9.47 Å². The first-order valence-corrected chi connectivity index (χ1v) is 12.8. The predicted octanol–water partition coefficient (Wildman–Crippen LogP) is 3.98. The van der Waals surface area contributed by atoms with Crippen LogP contribution in [0.3, 0.4) is 0 Å². The van der Waals surface area contributed by atoms with Crippen LogP contribution in [0.1, 0.15) is 33.6 Å². The molecule has 0 spiro atoms. The third kappa shape index (κ3) is 6.21. The molecule has 1 aliphatic rings. The highest BCUT2D eigenvalue weighted by atomic mass is 32.2. The van der Waals surface area contributed by atoms with Gasteiger partial charge in [-0.1, -0.05) is 6.07 Å². The Hall–Kier alpha value is -3.34. The van der Waals surface area contributed by atoms with E-state index in [9.17, 15) is 13.4 Å². The minimum absolute atomic E-state index is 0.0830. The highest BCUT2D eigenvalue weighted by molar-refractivity contribution is 7.84. The van der Waals surface area contributed by atoms with Crippen molar-refractivity contribution in [3.8, 4) is 23.0 Å². The second kappa shape index (κ2) is 10.1. The standard InChI is InChI=1S/C24H28FN5O4S/c1-24(2,3)34-23(31)29-9-7-17(8-10-29)33-22-12-21(26-14-27-22)30-13-19(28-15-30)16-5-6-20(35(4)32)18(25)11-16/h5-6,11-15,17H,7-10H2,1-4H3. The van der Waals surface area contributed by atoms with Gasteiger partial charge in [-0.3, -0.25) is 8.78 Å². The van der Waals surface area contributed by atoms with Gasteiger partial charge in [0.05, 0.1) is 21.4 Å². The molecule has 1 amide bonds. The van der Waals surface area contributed by atoms with Crippen LogP contribution in [0, 0.1) is 5.82 Å². The molecule has 0 radical (unpaired) electrons. The summed E-state index contributed by atoms with van der Waals surface area (Å²) in [6.45, 7) is 6.63. The summed E-state index contributed by atoms with van der Waals surface area (Å²) in [5.41, 5.74) is 0.591. The zero-order chi connectivity index (χ0) is 25.2. The van der Waals surface area contributed by atoms with E-state index in [1.165, 1.54) is 24.7 Å². The van der Waals surface area contributed by atoms with Gasteiger partial charge in [0.1, 0.15) is 36.0 Å². The van der Waals surface area contributed by atoms with Crippen molar-refractivity contribution in [2.24, 2.45) is 0 Å². The van der Waals surface area contributed by atoms with Crippen molar-refractivity contribution in [1.29, 1.82) is 0 Å². The SMILES string of the molecule is CS(=O)c1ccc(-c2cn(-c3cc(OC4CCN(C(=O)OC(C)(C)C)CC4)ncn3)cn2)cc1F. The van der Waals surface area contributed by atoms with Crippen LogP contribution >= 0.6 is 0 Å². The smallest absolute Gasteiger partial charge is 0.410 e. The maximum absolute atomic E-state index is 14.2. The van der Waals surface area contributed by atoms with Crippen molar-refractivity contribution in [3.05, 3.63) is 48.9 Å². The molecule has 9 nitrogen and oxygen atoms in total. The van der Waals surface area contributed by atoms with Crippen molar-refractivity contribution >= 4 is 16.9 Å². The van der Waals surface area contributed by atoms with Crippen molar-refractivity contribution in [2.45, 2.75) is 50.2 Å². The van der Waals surface area contributed by atoms with Gasteiger partial charge in [0.25, 0.3) is 0 Å². The van der Waals surface area contributed by atoms with Gasteiger partial charge in [-0.15, -0.1) is 0 Å². The fourth-order valence-electron chi connectivity index (χ4n) is 3.68. The average Bonchev–Trinajstić information content (AvgIpc) is 3.29. The van der Waals surface area contributed by atoms with Crippen LogP contribution in [0.2, 0.25) is 0 Å². The molecule has 1 unspecified atom stereocenters. The molecule has 0 N–H and O–H groups in total. The number of aromatic nitrogens is 4. The molecule has 0 saturated carbocycles. The van der Waals surface area contributed by atoms with Crippen molar-refractivity contribution in [1.82, 2.24) is 24.4 Å². The fraction of sp³-hybridized carbons (Fsp3) is 0.417. The molecule has 186 valence electrons. The number of rotatable bonds is 5. The summed E-state index contributed by atoms with van der Waals surface area (Å²) in [6, 6.07) is 6.21. The minimum atomic E-state index is -1.40. The van der Waals surface area contributed by atoms with Crippen LogP contribution in [-0.4, -0.2) is 65.8 Å². The van der Waals surface area contributed by atoms with Crippen LogP contribution in [0.15, 0.2) is 48.0 Å². The zero-order valence-electron chi connectivity index (χ0n) is 20.1. The Morgan fingerprint density at radius 2 is 1.89 bits per heavy atom. The summed E-state index contributed by atoms with van der Waals surface area (Å²) >= 11 is 0. The Kier molecular flexibility index (Phi) is 7.15. The van der Waals surface area contributed by atoms with E-state index in [0.29, 0.717) is 48.9 Å². The number of nitrogens with zero attached hydrogens (tertiary/aromatic N) is 5. The largest absolute Gasteiger partial charge is 0.474 e. The van der Waals surface area contributed by atoms with Gasteiger partial charge in [0.15, 0.2) is 0 Å². The Labute approximate surface area is 205 Å². The first-order valence-electron chi connectivity index (χ1n) is 11.2. The number of benzene rings is 1. The molecule has 1 saturated heterocycles. The van der Waals surface area contributed by atoms with Crippen LogP contribution in [0.4, 0.5) is 9.18 Å². The molecule has 1 atom stereocenters. The number of hydrogen-bond acceptors (Lipinski definition) is 7. The molecular formula is C24H28FN5O4S. The number of carbonyl (C=O) groups is 1. The fourth-order valence-corrected chi connectivity index (χ4v) is 4.27. The molecular weight excluding hydrogens is 473 g/mol. The molecule has 0 aliphatic carbocycles. The summed E-state index contributed by atoms with van der Waals surface area (Å²) in [4.78, 5) is 26.9. The first kappa shape index (κ1) is 24.8. The van der Waals surface area contributed by atoms with Gasteiger partial charge in [-0.2, -0.15) is 0 Å². The van der Waals surface area contributed by atoms with E-state index >= 15 is 0 Å². The lowest BCUT2D eigenvalue weighted by Crippen LogP contribution is -2.44. The molecule has 0 bridgehead atoms. The van der Waals surface area contributed by atoms with E-state index in [2.05, 4.69) is 15.0 Å². The number of halogens is 1.